The van der Waals surface area contributed by atoms with Gasteiger partial charge >= 0.3 is 6.09 Å². The van der Waals surface area contributed by atoms with Crippen molar-refractivity contribution in [3.63, 3.8) is 0 Å². The molecule has 0 unspecified atom stereocenters. The molecule has 4 nitrogen and oxygen atoms in total. The van der Waals surface area contributed by atoms with Crippen LogP contribution in [0.4, 0.5) is 9.18 Å². The fourth-order valence-corrected chi connectivity index (χ4v) is 5.79. The minimum atomic E-state index is -1.01. The SMILES string of the molecule is CC(C)(C)N(C(=O)O)C1=N[C@@]2(c3cc(F)cc(Br)c3)CCC[C@H]2CS1. The van der Waals surface area contributed by atoms with Gasteiger partial charge in [-0.3, -0.25) is 9.89 Å². The van der Waals surface area contributed by atoms with Crippen molar-refractivity contribution in [2.24, 2.45) is 10.9 Å². The number of benzene rings is 1. The average Bonchev–Trinajstić information content (AvgIpc) is 2.88. The number of amidine groups is 1. The highest BCUT2D eigenvalue weighted by molar-refractivity contribution is 9.10. The number of thioether (sulfide) groups is 1. The lowest BCUT2D eigenvalue weighted by Gasteiger charge is -2.41. The summed E-state index contributed by atoms with van der Waals surface area (Å²) in [5, 5.41) is 10.2. The lowest BCUT2D eigenvalue weighted by atomic mass is 9.81. The minimum Gasteiger partial charge on any atom is -0.465 e. The zero-order valence-electron chi connectivity index (χ0n) is 14.6. The molecule has 1 aliphatic heterocycles. The van der Waals surface area contributed by atoms with E-state index in [1.807, 2.05) is 26.8 Å². The van der Waals surface area contributed by atoms with Crippen molar-refractivity contribution in [2.75, 3.05) is 5.75 Å². The third-order valence-electron chi connectivity index (χ3n) is 4.91. The molecule has 3 rings (SSSR count). The van der Waals surface area contributed by atoms with E-state index in [2.05, 4.69) is 15.9 Å². The van der Waals surface area contributed by atoms with E-state index in [1.165, 1.54) is 22.7 Å². The first-order valence-electron chi connectivity index (χ1n) is 8.36. The van der Waals surface area contributed by atoms with E-state index in [1.54, 1.807) is 6.07 Å². The van der Waals surface area contributed by atoms with Gasteiger partial charge in [0.05, 0.1) is 5.54 Å². The van der Waals surface area contributed by atoms with Crippen LogP contribution in [0.15, 0.2) is 27.7 Å². The second-order valence-electron chi connectivity index (χ2n) is 7.67. The van der Waals surface area contributed by atoms with Gasteiger partial charge in [-0.15, -0.1) is 0 Å². The first-order chi connectivity index (χ1) is 11.6. The quantitative estimate of drug-likeness (QED) is 0.645. The highest BCUT2D eigenvalue weighted by Crippen LogP contribution is 2.52. The van der Waals surface area contributed by atoms with Crippen molar-refractivity contribution in [3.8, 4) is 0 Å². The van der Waals surface area contributed by atoms with Crippen molar-refractivity contribution in [2.45, 2.75) is 51.1 Å². The Hall–Kier alpha value is -1.08. The second kappa shape index (κ2) is 6.58. The highest BCUT2D eigenvalue weighted by Gasteiger charge is 2.49. The summed E-state index contributed by atoms with van der Waals surface area (Å²) >= 11 is 4.87. The van der Waals surface area contributed by atoms with Gasteiger partial charge in [0, 0.05) is 15.8 Å². The third-order valence-corrected chi connectivity index (χ3v) is 6.47. The molecule has 0 radical (unpaired) electrons. The van der Waals surface area contributed by atoms with Crippen LogP contribution in [-0.4, -0.2) is 32.6 Å². The van der Waals surface area contributed by atoms with E-state index in [4.69, 9.17) is 4.99 Å². The van der Waals surface area contributed by atoms with Crippen molar-refractivity contribution >= 4 is 39.0 Å². The maximum atomic E-state index is 14.0. The van der Waals surface area contributed by atoms with Gasteiger partial charge in [0.25, 0.3) is 0 Å². The average molecular weight is 429 g/mol. The monoisotopic (exact) mass is 428 g/mol. The fourth-order valence-electron chi connectivity index (χ4n) is 3.83. The molecule has 1 fully saturated rings. The number of fused-ring (bicyclic) bond motifs is 1. The molecule has 0 bridgehead atoms. The van der Waals surface area contributed by atoms with Crippen LogP contribution >= 0.6 is 27.7 Å². The lowest BCUT2D eigenvalue weighted by Crippen LogP contribution is -2.50. The Bertz CT molecular complexity index is 714. The van der Waals surface area contributed by atoms with Gasteiger partial charge in [0.15, 0.2) is 5.17 Å². The minimum absolute atomic E-state index is 0.297. The van der Waals surface area contributed by atoms with Gasteiger partial charge in [-0.2, -0.15) is 0 Å². The van der Waals surface area contributed by atoms with E-state index in [9.17, 15) is 14.3 Å². The topological polar surface area (TPSA) is 52.9 Å². The molecular weight excluding hydrogens is 407 g/mol. The summed E-state index contributed by atoms with van der Waals surface area (Å²) in [6, 6.07) is 4.90. The molecule has 7 heteroatoms. The van der Waals surface area contributed by atoms with E-state index in [-0.39, 0.29) is 5.82 Å². The number of rotatable bonds is 1. The molecule has 25 heavy (non-hydrogen) atoms. The maximum absolute atomic E-state index is 14.0. The van der Waals surface area contributed by atoms with Crippen LogP contribution in [0, 0.1) is 11.7 Å². The number of hydrogen-bond acceptors (Lipinski definition) is 3. The van der Waals surface area contributed by atoms with E-state index < -0.39 is 17.2 Å². The largest absolute Gasteiger partial charge is 0.465 e. The van der Waals surface area contributed by atoms with Crippen molar-refractivity contribution in [1.82, 2.24) is 4.90 Å². The fraction of sp³-hybridized carbons (Fsp3) is 0.556. The number of carboxylic acid groups (broad SMARTS) is 1. The van der Waals surface area contributed by atoms with Crippen molar-refractivity contribution in [1.29, 1.82) is 0 Å². The van der Waals surface area contributed by atoms with Crippen LogP contribution in [-0.2, 0) is 5.54 Å². The van der Waals surface area contributed by atoms with Crippen LogP contribution in [0.2, 0.25) is 0 Å². The summed E-state index contributed by atoms with van der Waals surface area (Å²) in [5.74, 6) is 0.795. The molecule has 0 aromatic heterocycles. The molecular formula is C18H22BrFN2O2S. The van der Waals surface area contributed by atoms with Crippen LogP contribution in [0.1, 0.15) is 45.6 Å². The molecule has 136 valence electrons. The highest BCUT2D eigenvalue weighted by atomic mass is 79.9. The molecule has 0 saturated heterocycles. The number of amides is 1. The molecule has 1 aromatic carbocycles. The second-order valence-corrected chi connectivity index (χ2v) is 9.57. The van der Waals surface area contributed by atoms with Gasteiger partial charge in [0.2, 0.25) is 0 Å². The zero-order chi connectivity index (χ0) is 18.4. The Morgan fingerprint density at radius 2 is 2.16 bits per heavy atom. The van der Waals surface area contributed by atoms with Crippen LogP contribution in [0.25, 0.3) is 0 Å². The number of carbonyl (C=O) groups is 1. The maximum Gasteiger partial charge on any atom is 0.413 e. The van der Waals surface area contributed by atoms with Crippen LogP contribution in [0.5, 0.6) is 0 Å². The molecule has 2 aliphatic rings. The first kappa shape index (κ1) is 18.7. The lowest BCUT2D eigenvalue weighted by molar-refractivity contribution is 0.141. The summed E-state index contributed by atoms with van der Waals surface area (Å²) in [6.45, 7) is 5.57. The van der Waals surface area contributed by atoms with Crippen molar-refractivity contribution in [3.05, 3.63) is 34.1 Å². The third kappa shape index (κ3) is 3.45. The van der Waals surface area contributed by atoms with E-state index in [0.717, 1.165) is 30.6 Å². The summed E-state index contributed by atoms with van der Waals surface area (Å²) in [6.07, 6.45) is 1.85. The normalized spacial score (nSPS) is 26.1. The molecule has 2 atom stereocenters. The zero-order valence-corrected chi connectivity index (χ0v) is 17.0. The standard InChI is InChI=1S/C18H22BrFN2O2S/c1-17(2,3)22(16(23)24)15-21-18(6-4-5-11(18)10-25-15)12-7-13(19)9-14(20)8-12/h7-9,11H,4-6,10H2,1-3H3,(H,23,24)/t11-,18-/m0/s1. The Morgan fingerprint density at radius 1 is 1.44 bits per heavy atom. The smallest absolute Gasteiger partial charge is 0.413 e. The summed E-state index contributed by atoms with van der Waals surface area (Å²) in [7, 11) is 0. The number of aliphatic imine (C=N–C) groups is 1. The molecule has 1 saturated carbocycles. The van der Waals surface area contributed by atoms with E-state index >= 15 is 0 Å². The van der Waals surface area contributed by atoms with Gasteiger partial charge < -0.3 is 5.11 Å². The molecule has 1 amide bonds. The summed E-state index contributed by atoms with van der Waals surface area (Å²) in [4.78, 5) is 18.1. The van der Waals surface area contributed by atoms with Gasteiger partial charge in [0.1, 0.15) is 5.82 Å². The van der Waals surface area contributed by atoms with Gasteiger partial charge in [-0.25, -0.2) is 9.18 Å². The number of hydrogen-bond donors (Lipinski definition) is 1. The van der Waals surface area contributed by atoms with Gasteiger partial charge in [-0.1, -0.05) is 34.1 Å². The van der Waals surface area contributed by atoms with E-state index in [0.29, 0.717) is 15.6 Å². The molecule has 1 N–H and O–H groups in total. The van der Waals surface area contributed by atoms with Gasteiger partial charge in [-0.05, 0) is 63.3 Å². The number of halogens is 2. The Kier molecular flexibility index (Phi) is 4.92. The molecule has 0 spiro atoms. The Morgan fingerprint density at radius 3 is 2.76 bits per heavy atom. The molecule has 1 heterocycles. The molecule has 1 aromatic rings. The Balaban J connectivity index is 2.13. The predicted molar refractivity (Wildman–Crippen MR) is 103 cm³/mol. The van der Waals surface area contributed by atoms with Crippen molar-refractivity contribution < 1.29 is 14.3 Å². The predicted octanol–water partition coefficient (Wildman–Crippen LogP) is 5.46. The Labute approximate surface area is 160 Å². The molecule has 1 aliphatic carbocycles. The summed E-state index contributed by atoms with van der Waals surface area (Å²) in [5.41, 5.74) is -0.296. The first-order valence-corrected chi connectivity index (χ1v) is 10.1. The summed E-state index contributed by atoms with van der Waals surface area (Å²) < 4.78 is 14.7. The van der Waals surface area contributed by atoms with Crippen LogP contribution < -0.4 is 0 Å². The van der Waals surface area contributed by atoms with Crippen LogP contribution in [0.3, 0.4) is 0 Å². The number of nitrogens with zero attached hydrogens (tertiary/aromatic N) is 2.